The molecule has 4 heterocycles. The van der Waals surface area contributed by atoms with Gasteiger partial charge in [0.15, 0.2) is 0 Å². The number of amides is 3. The molecule has 5 rings (SSSR count). The zero-order valence-electron chi connectivity index (χ0n) is 24.8. The van der Waals surface area contributed by atoms with Crippen molar-refractivity contribution in [1.29, 1.82) is 0 Å². The minimum atomic E-state index is 0.0980. The highest BCUT2D eigenvalue weighted by Gasteiger charge is 2.43. The van der Waals surface area contributed by atoms with Crippen molar-refractivity contribution >= 4 is 28.8 Å². The smallest absolute Gasteiger partial charge is 0.224 e. The number of piperidine rings is 2. The molecule has 1 aromatic carbocycles. The van der Waals surface area contributed by atoms with Crippen molar-refractivity contribution in [2.24, 2.45) is 23.7 Å². The second kappa shape index (κ2) is 12.3. The number of nitrogens with zero attached hydrogens (tertiary/aromatic N) is 4. The second-order valence-corrected chi connectivity index (χ2v) is 13.0. The largest absolute Gasteiger partial charge is 0.353 e. The number of imidazole rings is 1. The molecule has 3 saturated heterocycles. The summed E-state index contributed by atoms with van der Waals surface area (Å²) in [6, 6.07) is 8.34. The Labute approximate surface area is 238 Å². The molecule has 40 heavy (non-hydrogen) atoms. The molecule has 8 nitrogen and oxygen atoms in total. The van der Waals surface area contributed by atoms with Crippen LogP contribution in [0.2, 0.25) is 0 Å². The van der Waals surface area contributed by atoms with Crippen LogP contribution >= 0.6 is 0 Å². The molecule has 3 aliphatic rings. The van der Waals surface area contributed by atoms with Crippen LogP contribution in [-0.2, 0) is 20.9 Å². The van der Waals surface area contributed by atoms with E-state index < -0.39 is 0 Å². The number of likely N-dealkylation sites (tertiary alicyclic amines) is 1. The molecule has 3 amide bonds. The van der Waals surface area contributed by atoms with Gasteiger partial charge in [-0.05, 0) is 74.8 Å². The minimum Gasteiger partial charge on any atom is -0.353 e. The van der Waals surface area contributed by atoms with E-state index >= 15 is 0 Å². The van der Waals surface area contributed by atoms with E-state index in [-0.39, 0.29) is 41.6 Å². The Hall–Kier alpha value is -2.90. The van der Waals surface area contributed by atoms with Crippen molar-refractivity contribution in [3.63, 3.8) is 0 Å². The van der Waals surface area contributed by atoms with Gasteiger partial charge in [-0.25, -0.2) is 4.98 Å². The quantitative estimate of drug-likeness (QED) is 0.607. The van der Waals surface area contributed by atoms with E-state index in [1.165, 1.54) is 0 Å². The van der Waals surface area contributed by atoms with Crippen LogP contribution in [0.5, 0.6) is 0 Å². The van der Waals surface area contributed by atoms with Crippen LogP contribution < -0.4 is 5.32 Å². The molecule has 3 fully saturated rings. The van der Waals surface area contributed by atoms with E-state index in [9.17, 15) is 14.4 Å². The van der Waals surface area contributed by atoms with Gasteiger partial charge in [-0.3, -0.25) is 14.4 Å². The van der Waals surface area contributed by atoms with Crippen LogP contribution in [0.25, 0.3) is 11.0 Å². The summed E-state index contributed by atoms with van der Waals surface area (Å²) in [4.78, 5) is 48.7. The molecule has 0 unspecified atom stereocenters. The number of nitrogens with one attached hydrogen (secondary N) is 1. The highest BCUT2D eigenvalue weighted by atomic mass is 16.2. The van der Waals surface area contributed by atoms with Gasteiger partial charge in [0.05, 0.1) is 11.0 Å². The number of hydrogen-bond donors (Lipinski definition) is 1. The van der Waals surface area contributed by atoms with Gasteiger partial charge in [0.25, 0.3) is 0 Å². The number of rotatable bonds is 4. The fraction of sp³-hybridized carbons (Fsp3) is 0.688. The van der Waals surface area contributed by atoms with Gasteiger partial charge in [-0.15, -0.1) is 0 Å². The van der Waals surface area contributed by atoms with E-state index in [4.69, 9.17) is 0 Å². The molecular weight excluding hydrogens is 502 g/mol. The van der Waals surface area contributed by atoms with E-state index in [1.807, 2.05) is 25.1 Å². The first-order chi connectivity index (χ1) is 19.2. The van der Waals surface area contributed by atoms with Crippen LogP contribution in [0, 0.1) is 30.6 Å². The van der Waals surface area contributed by atoms with Crippen molar-refractivity contribution in [3.05, 3.63) is 30.1 Å². The van der Waals surface area contributed by atoms with Crippen LogP contribution in [0.4, 0.5) is 0 Å². The first-order valence-electron chi connectivity index (χ1n) is 15.5. The minimum absolute atomic E-state index is 0.0980. The number of para-hydroxylation sites is 2. The Morgan fingerprint density at radius 1 is 1.10 bits per heavy atom. The summed E-state index contributed by atoms with van der Waals surface area (Å²) >= 11 is 0. The maximum atomic E-state index is 13.6. The lowest BCUT2D eigenvalue weighted by atomic mass is 9.77. The number of carbonyl (C=O) groups is 3. The van der Waals surface area contributed by atoms with Crippen LogP contribution in [-0.4, -0.2) is 68.8 Å². The summed E-state index contributed by atoms with van der Waals surface area (Å²) in [5.74, 6) is 2.75. The van der Waals surface area contributed by atoms with Gasteiger partial charge < -0.3 is 19.7 Å². The van der Waals surface area contributed by atoms with Gasteiger partial charge in [0.1, 0.15) is 5.82 Å². The summed E-state index contributed by atoms with van der Waals surface area (Å²) < 4.78 is 2.14. The molecule has 2 aromatic rings. The summed E-state index contributed by atoms with van der Waals surface area (Å²) in [5.41, 5.74) is 2.03. The Bertz CT molecular complexity index is 1220. The van der Waals surface area contributed by atoms with E-state index in [2.05, 4.69) is 51.5 Å². The normalized spacial score (nSPS) is 28.5. The molecule has 1 aromatic heterocycles. The third kappa shape index (κ3) is 6.36. The number of aryl methyl sites for hydroxylation is 2. The first kappa shape index (κ1) is 28.6. The molecular formula is C32H47N5O3. The average Bonchev–Trinajstić information content (AvgIpc) is 3.24. The van der Waals surface area contributed by atoms with Crippen molar-refractivity contribution < 1.29 is 14.4 Å². The van der Waals surface area contributed by atoms with E-state index in [1.54, 1.807) is 0 Å². The number of benzene rings is 1. The highest BCUT2D eigenvalue weighted by Crippen LogP contribution is 2.37. The van der Waals surface area contributed by atoms with Crippen molar-refractivity contribution in [3.8, 4) is 0 Å². The number of carbonyl (C=O) groups excluding carboxylic acids is 3. The molecule has 5 atom stereocenters. The average molecular weight is 550 g/mol. The highest BCUT2D eigenvalue weighted by molar-refractivity contribution is 5.79. The van der Waals surface area contributed by atoms with E-state index in [0.717, 1.165) is 62.1 Å². The fourth-order valence-corrected chi connectivity index (χ4v) is 7.36. The van der Waals surface area contributed by atoms with Gasteiger partial charge >= 0.3 is 0 Å². The number of fused-ring (bicyclic) bond motifs is 5. The Morgan fingerprint density at radius 3 is 2.70 bits per heavy atom. The number of aromatic nitrogens is 2. The molecule has 2 bridgehead atoms. The summed E-state index contributed by atoms with van der Waals surface area (Å²) in [7, 11) is 0. The molecule has 3 aliphatic heterocycles. The molecule has 1 N–H and O–H groups in total. The second-order valence-electron chi connectivity index (χ2n) is 13.0. The Balaban J connectivity index is 1.26. The Kier molecular flexibility index (Phi) is 8.81. The molecule has 8 heteroatoms. The molecule has 0 aliphatic carbocycles. The number of hydrogen-bond acceptors (Lipinski definition) is 4. The van der Waals surface area contributed by atoms with Crippen molar-refractivity contribution in [2.75, 3.05) is 19.6 Å². The SMILES string of the molecule is Cc1nc2ccccc2n1CCC(=O)N1C[C@@H]2C[C@H](C1)[C@@H]1CCCC(=O)N[C@H](C(C)C)CC[C@@H](C)CC(=O)N1C2. The standard InChI is InChI=1S/C32H47N5O3/c1-21(2)26-13-12-22(3)16-32(40)37-19-24-17-25(28(37)10-7-11-30(38)34-26)20-35(18-24)31(39)14-15-36-23(4)33-27-8-5-6-9-29(27)36/h5-6,8-9,21-22,24-26,28H,7,10-20H2,1-4H3,(H,34,38)/t22-,24+,25-,26+,28+/m1/s1. The van der Waals surface area contributed by atoms with Crippen LogP contribution in [0.15, 0.2) is 24.3 Å². The predicted octanol–water partition coefficient (Wildman–Crippen LogP) is 4.54. The summed E-state index contributed by atoms with van der Waals surface area (Å²) in [6.45, 7) is 11.3. The molecule has 218 valence electrons. The van der Waals surface area contributed by atoms with Crippen LogP contribution in [0.1, 0.15) is 78.0 Å². The molecule has 0 radical (unpaired) electrons. The third-order valence-electron chi connectivity index (χ3n) is 9.59. The Morgan fingerprint density at radius 2 is 1.90 bits per heavy atom. The van der Waals surface area contributed by atoms with Gasteiger partial charge in [-0.2, -0.15) is 0 Å². The topological polar surface area (TPSA) is 87.5 Å². The van der Waals surface area contributed by atoms with E-state index in [0.29, 0.717) is 44.2 Å². The van der Waals surface area contributed by atoms with Gasteiger partial charge in [0.2, 0.25) is 17.7 Å². The predicted molar refractivity (Wildman–Crippen MR) is 156 cm³/mol. The zero-order valence-corrected chi connectivity index (χ0v) is 24.8. The lowest BCUT2D eigenvalue weighted by molar-refractivity contribution is -0.146. The lowest BCUT2D eigenvalue weighted by Gasteiger charge is -2.51. The fourth-order valence-electron chi connectivity index (χ4n) is 7.36. The summed E-state index contributed by atoms with van der Waals surface area (Å²) in [5, 5.41) is 3.27. The van der Waals surface area contributed by atoms with Gasteiger partial charge in [0, 0.05) is 57.5 Å². The first-order valence-corrected chi connectivity index (χ1v) is 15.5. The monoisotopic (exact) mass is 549 g/mol. The maximum absolute atomic E-state index is 13.6. The molecule has 0 spiro atoms. The van der Waals surface area contributed by atoms with Crippen LogP contribution in [0.3, 0.4) is 0 Å². The zero-order chi connectivity index (χ0) is 28.4. The third-order valence-corrected chi connectivity index (χ3v) is 9.59. The maximum Gasteiger partial charge on any atom is 0.224 e. The van der Waals surface area contributed by atoms with Crippen molar-refractivity contribution in [1.82, 2.24) is 24.7 Å². The van der Waals surface area contributed by atoms with Gasteiger partial charge in [-0.1, -0.05) is 32.9 Å². The summed E-state index contributed by atoms with van der Waals surface area (Å²) in [6.07, 6.45) is 6.00. The van der Waals surface area contributed by atoms with Crippen molar-refractivity contribution in [2.45, 2.75) is 97.7 Å². The lowest BCUT2D eigenvalue weighted by Crippen LogP contribution is -2.60. The molecule has 0 saturated carbocycles.